The van der Waals surface area contributed by atoms with Crippen molar-refractivity contribution in [3.05, 3.63) is 52.7 Å². The topological polar surface area (TPSA) is 52.0 Å². The summed E-state index contributed by atoms with van der Waals surface area (Å²) in [6.07, 6.45) is 3.57. The van der Waals surface area contributed by atoms with Crippen LogP contribution in [-0.2, 0) is 19.3 Å². The summed E-state index contributed by atoms with van der Waals surface area (Å²) in [4.78, 5) is 4.58. The Morgan fingerprint density at radius 2 is 2.11 bits per heavy atom. The number of aromatic nitrogens is 1. The first kappa shape index (κ1) is 11.5. The maximum Gasteiger partial charge on any atom is 0.199 e. The molecule has 3 rings (SSSR count). The molecule has 3 nitrogen and oxygen atoms in total. The predicted octanol–water partition coefficient (Wildman–Crippen LogP) is 2.39. The standard InChI is InChI=1S/C15H18N2O/c1-10-2-4-11(5-3-10)8-15-17-13-7-6-12(16)9-14(13)18-15/h2-5,12H,6-9,16H2,1H3. The van der Waals surface area contributed by atoms with E-state index < -0.39 is 0 Å². The average molecular weight is 242 g/mol. The summed E-state index contributed by atoms with van der Waals surface area (Å²) >= 11 is 0. The Morgan fingerprint density at radius 1 is 1.33 bits per heavy atom. The zero-order valence-corrected chi connectivity index (χ0v) is 10.6. The molecule has 0 aliphatic heterocycles. The molecule has 94 valence electrons. The van der Waals surface area contributed by atoms with Crippen molar-refractivity contribution in [3.63, 3.8) is 0 Å². The van der Waals surface area contributed by atoms with Crippen LogP contribution in [0.1, 0.15) is 34.9 Å². The van der Waals surface area contributed by atoms with Crippen molar-refractivity contribution in [2.45, 2.75) is 38.6 Å². The van der Waals surface area contributed by atoms with E-state index in [-0.39, 0.29) is 6.04 Å². The molecule has 3 heteroatoms. The molecule has 0 spiro atoms. The van der Waals surface area contributed by atoms with Gasteiger partial charge in [-0.15, -0.1) is 0 Å². The third-order valence-corrected chi connectivity index (χ3v) is 3.50. The van der Waals surface area contributed by atoms with E-state index in [9.17, 15) is 0 Å². The highest BCUT2D eigenvalue weighted by Crippen LogP contribution is 2.22. The minimum absolute atomic E-state index is 0.234. The summed E-state index contributed by atoms with van der Waals surface area (Å²) in [6.45, 7) is 2.09. The fourth-order valence-corrected chi connectivity index (χ4v) is 2.41. The molecule has 0 saturated carbocycles. The van der Waals surface area contributed by atoms with Gasteiger partial charge in [-0.25, -0.2) is 4.98 Å². The first-order valence-electron chi connectivity index (χ1n) is 6.49. The van der Waals surface area contributed by atoms with Crippen molar-refractivity contribution >= 4 is 0 Å². The minimum atomic E-state index is 0.234. The molecule has 1 aromatic carbocycles. The highest BCUT2D eigenvalue weighted by atomic mass is 16.4. The van der Waals surface area contributed by atoms with E-state index in [1.165, 1.54) is 11.1 Å². The third kappa shape index (κ3) is 2.31. The second-order valence-corrected chi connectivity index (χ2v) is 5.14. The van der Waals surface area contributed by atoms with Gasteiger partial charge in [-0.05, 0) is 25.3 Å². The highest BCUT2D eigenvalue weighted by molar-refractivity contribution is 5.24. The summed E-state index contributed by atoms with van der Waals surface area (Å²) in [5.41, 5.74) is 9.56. The number of nitrogens with two attached hydrogens (primary N) is 1. The van der Waals surface area contributed by atoms with Crippen LogP contribution in [0, 0.1) is 6.92 Å². The highest BCUT2D eigenvalue weighted by Gasteiger charge is 2.21. The smallest absolute Gasteiger partial charge is 0.199 e. The molecule has 0 amide bonds. The molecule has 1 atom stereocenters. The van der Waals surface area contributed by atoms with Gasteiger partial charge in [-0.3, -0.25) is 0 Å². The largest absolute Gasteiger partial charge is 0.445 e. The van der Waals surface area contributed by atoms with Gasteiger partial charge >= 0.3 is 0 Å². The minimum Gasteiger partial charge on any atom is -0.445 e. The van der Waals surface area contributed by atoms with Gasteiger partial charge in [0.05, 0.1) is 5.69 Å². The SMILES string of the molecule is Cc1ccc(Cc2nc3c(o2)CC(N)CC3)cc1. The van der Waals surface area contributed by atoms with Crippen molar-refractivity contribution in [3.8, 4) is 0 Å². The van der Waals surface area contributed by atoms with Gasteiger partial charge < -0.3 is 10.2 Å². The van der Waals surface area contributed by atoms with Crippen LogP contribution in [0.4, 0.5) is 0 Å². The number of nitrogens with zero attached hydrogens (tertiary/aromatic N) is 1. The predicted molar refractivity (Wildman–Crippen MR) is 70.5 cm³/mol. The molecule has 2 aromatic rings. The van der Waals surface area contributed by atoms with Crippen molar-refractivity contribution in [1.29, 1.82) is 0 Å². The van der Waals surface area contributed by atoms with E-state index in [1.54, 1.807) is 0 Å². The fraction of sp³-hybridized carbons (Fsp3) is 0.400. The molecule has 1 unspecified atom stereocenters. The monoisotopic (exact) mass is 242 g/mol. The van der Waals surface area contributed by atoms with Crippen LogP contribution in [0.2, 0.25) is 0 Å². The van der Waals surface area contributed by atoms with Crippen molar-refractivity contribution in [2.75, 3.05) is 0 Å². The second kappa shape index (κ2) is 4.58. The normalized spacial score (nSPS) is 18.7. The van der Waals surface area contributed by atoms with Crippen molar-refractivity contribution in [2.24, 2.45) is 5.73 Å². The molecular weight excluding hydrogens is 224 g/mol. The second-order valence-electron chi connectivity index (χ2n) is 5.14. The zero-order chi connectivity index (χ0) is 12.5. The number of hydrogen-bond donors (Lipinski definition) is 1. The van der Waals surface area contributed by atoms with Crippen LogP contribution >= 0.6 is 0 Å². The van der Waals surface area contributed by atoms with Gasteiger partial charge in [0.1, 0.15) is 5.76 Å². The number of aryl methyl sites for hydroxylation is 2. The molecule has 0 radical (unpaired) electrons. The first-order valence-corrected chi connectivity index (χ1v) is 6.49. The molecule has 0 saturated heterocycles. The van der Waals surface area contributed by atoms with Crippen molar-refractivity contribution < 1.29 is 4.42 Å². The Kier molecular flexibility index (Phi) is 2.92. The van der Waals surface area contributed by atoms with E-state index in [0.717, 1.165) is 43.0 Å². The van der Waals surface area contributed by atoms with Crippen LogP contribution in [0.5, 0.6) is 0 Å². The van der Waals surface area contributed by atoms with Crippen LogP contribution in [0.25, 0.3) is 0 Å². The molecule has 2 N–H and O–H groups in total. The van der Waals surface area contributed by atoms with E-state index in [1.807, 2.05) is 0 Å². The quantitative estimate of drug-likeness (QED) is 0.879. The van der Waals surface area contributed by atoms with Crippen LogP contribution in [-0.4, -0.2) is 11.0 Å². The van der Waals surface area contributed by atoms with Gasteiger partial charge in [-0.2, -0.15) is 0 Å². The van der Waals surface area contributed by atoms with Gasteiger partial charge in [0.2, 0.25) is 0 Å². The Hall–Kier alpha value is -1.61. The molecule has 0 bridgehead atoms. The Balaban J connectivity index is 1.79. The summed E-state index contributed by atoms with van der Waals surface area (Å²) < 4.78 is 5.82. The van der Waals surface area contributed by atoms with Crippen molar-refractivity contribution in [1.82, 2.24) is 4.98 Å². The lowest BCUT2D eigenvalue weighted by molar-refractivity contribution is 0.427. The number of rotatable bonds is 2. The van der Waals surface area contributed by atoms with E-state index in [2.05, 4.69) is 36.2 Å². The maximum absolute atomic E-state index is 5.94. The van der Waals surface area contributed by atoms with Crippen LogP contribution < -0.4 is 5.73 Å². The van der Waals surface area contributed by atoms with Crippen LogP contribution in [0.3, 0.4) is 0 Å². The summed E-state index contributed by atoms with van der Waals surface area (Å²) in [6, 6.07) is 8.73. The first-order chi connectivity index (χ1) is 8.70. The van der Waals surface area contributed by atoms with E-state index >= 15 is 0 Å². The molecule has 0 fully saturated rings. The lowest BCUT2D eigenvalue weighted by Crippen LogP contribution is -2.27. The molecule has 18 heavy (non-hydrogen) atoms. The van der Waals surface area contributed by atoms with E-state index in [0.29, 0.717) is 0 Å². The molecule has 1 heterocycles. The summed E-state index contributed by atoms with van der Waals surface area (Å²) in [5.74, 6) is 1.81. The molecule has 1 aromatic heterocycles. The zero-order valence-electron chi connectivity index (χ0n) is 10.6. The van der Waals surface area contributed by atoms with E-state index in [4.69, 9.17) is 10.2 Å². The number of benzene rings is 1. The van der Waals surface area contributed by atoms with Gasteiger partial charge in [-0.1, -0.05) is 29.8 Å². The molecule has 1 aliphatic rings. The number of oxazole rings is 1. The van der Waals surface area contributed by atoms with Gasteiger partial charge in [0.25, 0.3) is 0 Å². The summed E-state index contributed by atoms with van der Waals surface area (Å²) in [5, 5.41) is 0. The lowest BCUT2D eigenvalue weighted by Gasteiger charge is -2.14. The Bertz CT molecular complexity index is 542. The number of fused-ring (bicyclic) bond motifs is 1. The van der Waals surface area contributed by atoms with Gasteiger partial charge in [0.15, 0.2) is 5.89 Å². The maximum atomic E-state index is 5.94. The molecule has 1 aliphatic carbocycles. The molecular formula is C15H18N2O. The third-order valence-electron chi connectivity index (χ3n) is 3.50. The van der Waals surface area contributed by atoms with Gasteiger partial charge in [0, 0.05) is 18.9 Å². The summed E-state index contributed by atoms with van der Waals surface area (Å²) in [7, 11) is 0. The average Bonchev–Trinajstić information content (AvgIpc) is 2.73. The fourth-order valence-electron chi connectivity index (χ4n) is 2.41. The lowest BCUT2D eigenvalue weighted by atomic mass is 9.98. The number of hydrogen-bond acceptors (Lipinski definition) is 3. The Morgan fingerprint density at radius 3 is 2.89 bits per heavy atom. The van der Waals surface area contributed by atoms with Crippen LogP contribution in [0.15, 0.2) is 28.7 Å². The Labute approximate surface area is 107 Å².